The minimum absolute atomic E-state index is 0.107. The van der Waals surface area contributed by atoms with Crippen LogP contribution in [-0.4, -0.2) is 23.5 Å². The molecule has 0 atom stereocenters. The molecule has 0 aromatic carbocycles. The van der Waals surface area contributed by atoms with Crippen LogP contribution in [0.3, 0.4) is 0 Å². The van der Waals surface area contributed by atoms with Gasteiger partial charge in [-0.2, -0.15) is 10.5 Å². The molecule has 15 heavy (non-hydrogen) atoms. The summed E-state index contributed by atoms with van der Waals surface area (Å²) in [5, 5.41) is 17.4. The predicted molar refractivity (Wildman–Crippen MR) is 61.0 cm³/mol. The van der Waals surface area contributed by atoms with E-state index in [1.54, 1.807) is 0 Å². The van der Waals surface area contributed by atoms with Crippen LogP contribution >= 0.6 is 0 Å². The molecule has 3 nitrogen and oxygen atoms in total. The van der Waals surface area contributed by atoms with Gasteiger partial charge in [0.25, 0.3) is 0 Å². The Labute approximate surface area is 93.3 Å². The van der Waals surface area contributed by atoms with Gasteiger partial charge < -0.3 is 0 Å². The van der Waals surface area contributed by atoms with Crippen LogP contribution in [0, 0.1) is 28.1 Å². The first-order chi connectivity index (χ1) is 6.73. The van der Waals surface area contributed by atoms with Crippen molar-refractivity contribution in [2.24, 2.45) is 5.41 Å². The minimum Gasteiger partial charge on any atom is -0.272 e. The van der Waals surface area contributed by atoms with Gasteiger partial charge >= 0.3 is 0 Å². The van der Waals surface area contributed by atoms with Crippen LogP contribution < -0.4 is 0 Å². The molecule has 0 aliphatic rings. The zero-order chi connectivity index (χ0) is 12.1. The maximum Gasteiger partial charge on any atom is 0.0878 e. The zero-order valence-corrected chi connectivity index (χ0v) is 10.5. The van der Waals surface area contributed by atoms with Crippen molar-refractivity contribution in [2.45, 2.75) is 46.6 Å². The first kappa shape index (κ1) is 13.9. The highest BCUT2D eigenvalue weighted by atomic mass is 15.2. The van der Waals surface area contributed by atoms with E-state index >= 15 is 0 Å². The summed E-state index contributed by atoms with van der Waals surface area (Å²) < 4.78 is 0. The summed E-state index contributed by atoms with van der Waals surface area (Å²) in [5.74, 6) is 0. The van der Waals surface area contributed by atoms with Crippen LogP contribution in [-0.2, 0) is 0 Å². The fourth-order valence-electron chi connectivity index (χ4n) is 2.06. The van der Waals surface area contributed by atoms with Gasteiger partial charge in [-0.05, 0) is 25.7 Å². The number of nitriles is 2. The Hall–Kier alpha value is -1.06. The van der Waals surface area contributed by atoms with E-state index in [4.69, 9.17) is 10.5 Å². The normalized spacial score (nSPS) is 12.3. The van der Waals surface area contributed by atoms with Crippen LogP contribution in [0.2, 0.25) is 0 Å². The molecule has 0 saturated carbocycles. The van der Waals surface area contributed by atoms with E-state index in [0.29, 0.717) is 13.1 Å². The number of nitrogens with zero attached hydrogens (tertiary/aromatic N) is 3. The Morgan fingerprint density at radius 3 is 1.60 bits per heavy atom. The molecule has 0 heterocycles. The lowest BCUT2D eigenvalue weighted by Crippen LogP contribution is -2.46. The molecular formula is C12H21N3. The lowest BCUT2D eigenvalue weighted by atomic mass is 9.81. The summed E-state index contributed by atoms with van der Waals surface area (Å²) in [6, 6.07) is 4.24. The Morgan fingerprint density at radius 2 is 1.33 bits per heavy atom. The Bertz CT molecular complexity index is 257. The van der Waals surface area contributed by atoms with Crippen molar-refractivity contribution in [3.63, 3.8) is 0 Å². The molecule has 0 aliphatic heterocycles. The van der Waals surface area contributed by atoms with Gasteiger partial charge in [0.15, 0.2) is 0 Å². The van der Waals surface area contributed by atoms with Crippen molar-refractivity contribution >= 4 is 0 Å². The zero-order valence-electron chi connectivity index (χ0n) is 10.5. The Balaban J connectivity index is 4.65. The SMILES string of the molecule is CC(C)(C)CC(C)(C)N(CC#N)CC#N. The van der Waals surface area contributed by atoms with Gasteiger partial charge in [-0.1, -0.05) is 20.8 Å². The van der Waals surface area contributed by atoms with E-state index in [9.17, 15) is 0 Å². The highest BCUT2D eigenvalue weighted by Crippen LogP contribution is 2.30. The minimum atomic E-state index is -0.107. The summed E-state index contributed by atoms with van der Waals surface area (Å²) in [6.45, 7) is 11.3. The lowest BCUT2D eigenvalue weighted by molar-refractivity contribution is 0.103. The van der Waals surface area contributed by atoms with Crippen molar-refractivity contribution in [2.75, 3.05) is 13.1 Å². The fraction of sp³-hybridized carbons (Fsp3) is 0.833. The Kier molecular flexibility index (Phi) is 4.78. The van der Waals surface area contributed by atoms with E-state index in [0.717, 1.165) is 6.42 Å². The maximum atomic E-state index is 8.72. The average molecular weight is 207 g/mol. The summed E-state index contributed by atoms with van der Waals surface area (Å²) in [6.07, 6.45) is 0.962. The molecule has 0 aliphatic carbocycles. The molecule has 0 saturated heterocycles. The molecule has 3 heteroatoms. The topological polar surface area (TPSA) is 50.8 Å². The summed E-state index contributed by atoms with van der Waals surface area (Å²) in [5.41, 5.74) is 0.0936. The third-order valence-electron chi connectivity index (χ3n) is 2.34. The van der Waals surface area contributed by atoms with E-state index in [2.05, 4.69) is 46.8 Å². The van der Waals surface area contributed by atoms with Crippen molar-refractivity contribution < 1.29 is 0 Å². The van der Waals surface area contributed by atoms with Crippen LogP contribution in [0.25, 0.3) is 0 Å². The fourth-order valence-corrected chi connectivity index (χ4v) is 2.06. The van der Waals surface area contributed by atoms with Gasteiger partial charge in [0.05, 0.1) is 25.2 Å². The smallest absolute Gasteiger partial charge is 0.0878 e. The molecule has 0 aromatic heterocycles. The van der Waals surface area contributed by atoms with E-state index in [-0.39, 0.29) is 11.0 Å². The third-order valence-corrected chi connectivity index (χ3v) is 2.34. The maximum absolute atomic E-state index is 8.72. The average Bonchev–Trinajstić information content (AvgIpc) is 1.99. The van der Waals surface area contributed by atoms with E-state index in [1.165, 1.54) is 0 Å². The Morgan fingerprint density at radius 1 is 0.933 bits per heavy atom. The molecule has 0 spiro atoms. The van der Waals surface area contributed by atoms with Gasteiger partial charge in [0, 0.05) is 5.54 Å². The van der Waals surface area contributed by atoms with E-state index in [1.807, 2.05) is 4.90 Å². The van der Waals surface area contributed by atoms with Crippen LogP contribution in [0.15, 0.2) is 0 Å². The van der Waals surface area contributed by atoms with Crippen LogP contribution in [0.4, 0.5) is 0 Å². The molecular weight excluding hydrogens is 186 g/mol. The predicted octanol–water partition coefficient (Wildman–Crippen LogP) is 2.55. The van der Waals surface area contributed by atoms with Gasteiger partial charge in [0.1, 0.15) is 0 Å². The van der Waals surface area contributed by atoms with Crippen molar-refractivity contribution in [1.82, 2.24) is 4.90 Å². The van der Waals surface area contributed by atoms with Crippen LogP contribution in [0.5, 0.6) is 0 Å². The van der Waals surface area contributed by atoms with Gasteiger partial charge in [-0.25, -0.2) is 0 Å². The molecule has 0 radical (unpaired) electrons. The second-order valence-corrected chi connectivity index (χ2v) is 5.72. The number of rotatable bonds is 4. The standard InChI is InChI=1S/C12H21N3/c1-11(2,3)10-12(4,5)15(8-6-13)9-7-14/h8-10H2,1-5H3. The lowest BCUT2D eigenvalue weighted by Gasteiger charge is -2.40. The molecule has 0 N–H and O–H groups in total. The first-order valence-corrected chi connectivity index (χ1v) is 5.22. The summed E-state index contributed by atoms with van der Waals surface area (Å²) in [4.78, 5) is 1.93. The number of hydrogen-bond donors (Lipinski definition) is 0. The first-order valence-electron chi connectivity index (χ1n) is 5.22. The largest absolute Gasteiger partial charge is 0.272 e. The molecule has 84 valence electrons. The van der Waals surface area contributed by atoms with Gasteiger partial charge in [-0.3, -0.25) is 4.90 Å². The highest BCUT2D eigenvalue weighted by Gasteiger charge is 2.31. The van der Waals surface area contributed by atoms with Gasteiger partial charge in [0.2, 0.25) is 0 Å². The van der Waals surface area contributed by atoms with Crippen molar-refractivity contribution in [3.05, 3.63) is 0 Å². The second kappa shape index (κ2) is 5.14. The molecule has 0 fully saturated rings. The summed E-state index contributed by atoms with van der Waals surface area (Å²) >= 11 is 0. The number of hydrogen-bond acceptors (Lipinski definition) is 3. The monoisotopic (exact) mass is 207 g/mol. The molecule has 0 bridgehead atoms. The van der Waals surface area contributed by atoms with Crippen LogP contribution in [0.1, 0.15) is 41.0 Å². The third kappa shape index (κ3) is 5.40. The molecule has 0 amide bonds. The molecule has 0 rings (SSSR count). The molecule has 0 aromatic rings. The molecule has 0 unspecified atom stereocenters. The highest BCUT2D eigenvalue weighted by molar-refractivity contribution is 4.94. The summed E-state index contributed by atoms with van der Waals surface area (Å²) in [7, 11) is 0. The van der Waals surface area contributed by atoms with Crippen molar-refractivity contribution in [1.29, 1.82) is 10.5 Å². The van der Waals surface area contributed by atoms with Gasteiger partial charge in [-0.15, -0.1) is 0 Å². The van der Waals surface area contributed by atoms with Crippen molar-refractivity contribution in [3.8, 4) is 12.1 Å². The second-order valence-electron chi connectivity index (χ2n) is 5.72. The van der Waals surface area contributed by atoms with E-state index < -0.39 is 0 Å². The quantitative estimate of drug-likeness (QED) is 0.666.